The van der Waals surface area contributed by atoms with Crippen molar-refractivity contribution in [3.05, 3.63) is 70.2 Å². The van der Waals surface area contributed by atoms with E-state index in [1.807, 2.05) is 12.1 Å². The number of likely N-dealkylation sites (N-methyl/N-ethyl adjacent to an activating group) is 1. The van der Waals surface area contributed by atoms with Gasteiger partial charge in [0.25, 0.3) is 0 Å². The maximum Gasteiger partial charge on any atom is 0.0242 e. The van der Waals surface area contributed by atoms with E-state index in [4.69, 9.17) is 5.73 Å². The van der Waals surface area contributed by atoms with Crippen LogP contribution in [0.5, 0.6) is 0 Å². The fourth-order valence-corrected chi connectivity index (χ4v) is 3.09. The zero-order valence-corrected chi connectivity index (χ0v) is 14.3. The Hall–Kier alpha value is -1.16. The number of hydrogen-bond donors (Lipinski definition) is 1. The molecular weight excluding hydrogens is 324 g/mol. The number of benzene rings is 2. The number of nitrogens with two attached hydrogens (primary N) is 1. The third kappa shape index (κ3) is 4.16. The Labute approximate surface area is 136 Å². The average molecular weight is 347 g/mol. The van der Waals surface area contributed by atoms with Crippen LogP contribution in [0.3, 0.4) is 0 Å². The third-order valence-electron chi connectivity index (χ3n) is 3.94. The molecule has 0 bridgehead atoms. The molecule has 0 aliphatic carbocycles. The molecular formula is C18H23BrN2. The van der Waals surface area contributed by atoms with Gasteiger partial charge < -0.3 is 10.6 Å². The van der Waals surface area contributed by atoms with E-state index in [9.17, 15) is 0 Å². The van der Waals surface area contributed by atoms with Gasteiger partial charge in [0, 0.05) is 29.5 Å². The summed E-state index contributed by atoms with van der Waals surface area (Å²) < 4.78 is 1.16. The lowest BCUT2D eigenvalue weighted by atomic mass is 9.82. The molecule has 0 aliphatic heterocycles. The largest absolute Gasteiger partial charge is 0.330 e. The van der Waals surface area contributed by atoms with E-state index in [0.717, 1.165) is 17.6 Å². The summed E-state index contributed by atoms with van der Waals surface area (Å²) >= 11 is 3.62. The second kappa shape index (κ2) is 7.21. The van der Waals surface area contributed by atoms with Gasteiger partial charge >= 0.3 is 0 Å². The summed E-state index contributed by atoms with van der Waals surface area (Å²) in [6, 6.07) is 18.9. The highest BCUT2D eigenvalue weighted by molar-refractivity contribution is 9.10. The molecule has 1 unspecified atom stereocenters. The van der Waals surface area contributed by atoms with E-state index in [2.05, 4.69) is 77.3 Å². The van der Waals surface area contributed by atoms with Crippen molar-refractivity contribution in [3.8, 4) is 0 Å². The molecule has 0 amide bonds. The minimum absolute atomic E-state index is 0.0305. The van der Waals surface area contributed by atoms with Crippen LogP contribution in [-0.4, -0.2) is 25.0 Å². The van der Waals surface area contributed by atoms with Crippen LogP contribution in [0, 0.1) is 0 Å². The van der Waals surface area contributed by atoms with Crippen LogP contribution >= 0.6 is 15.9 Å². The van der Waals surface area contributed by atoms with Crippen LogP contribution in [-0.2, 0) is 12.0 Å². The highest BCUT2D eigenvalue weighted by Gasteiger charge is 2.26. The summed E-state index contributed by atoms with van der Waals surface area (Å²) in [5.74, 6) is 0. The first-order valence-electron chi connectivity index (χ1n) is 7.23. The van der Waals surface area contributed by atoms with Crippen LogP contribution in [0.2, 0.25) is 0 Å². The Balaban J connectivity index is 2.10. The maximum atomic E-state index is 6.07. The molecule has 2 aromatic rings. The molecule has 3 heteroatoms. The average Bonchev–Trinajstić information content (AvgIpc) is 2.50. The van der Waals surface area contributed by atoms with Crippen molar-refractivity contribution in [2.75, 3.05) is 20.1 Å². The Morgan fingerprint density at radius 1 is 1.05 bits per heavy atom. The summed E-state index contributed by atoms with van der Waals surface area (Å²) in [7, 11) is 2.15. The Bertz CT molecular complexity index is 570. The summed E-state index contributed by atoms with van der Waals surface area (Å²) in [6.07, 6.45) is 0. The van der Waals surface area contributed by atoms with Crippen molar-refractivity contribution in [1.29, 1.82) is 0 Å². The highest BCUT2D eigenvalue weighted by atomic mass is 79.9. The van der Waals surface area contributed by atoms with Crippen molar-refractivity contribution >= 4 is 15.9 Å². The van der Waals surface area contributed by atoms with E-state index in [1.165, 1.54) is 11.1 Å². The lowest BCUT2D eigenvalue weighted by Gasteiger charge is -2.33. The summed E-state index contributed by atoms with van der Waals surface area (Å²) in [5, 5.41) is 0. The lowest BCUT2D eigenvalue weighted by molar-refractivity contribution is 0.252. The highest BCUT2D eigenvalue weighted by Crippen LogP contribution is 2.25. The first-order valence-corrected chi connectivity index (χ1v) is 8.02. The van der Waals surface area contributed by atoms with Gasteiger partial charge in [-0.25, -0.2) is 0 Å². The van der Waals surface area contributed by atoms with Gasteiger partial charge in [-0.15, -0.1) is 0 Å². The normalized spacial score (nSPS) is 14.1. The van der Waals surface area contributed by atoms with Gasteiger partial charge in [0.15, 0.2) is 0 Å². The molecule has 0 heterocycles. The Kier molecular flexibility index (Phi) is 5.57. The fraction of sp³-hybridized carbons (Fsp3) is 0.333. The lowest BCUT2D eigenvalue weighted by Crippen LogP contribution is -2.42. The SMILES string of the molecule is CN(Cc1ccccc1Br)CC(C)(CN)c1ccccc1. The van der Waals surface area contributed by atoms with Crippen LogP contribution in [0.1, 0.15) is 18.1 Å². The standard InChI is InChI=1S/C18H23BrN2/c1-18(13-20,16-9-4-3-5-10-16)14-21(2)12-15-8-6-7-11-17(15)19/h3-11H,12-14,20H2,1-2H3. The van der Waals surface area contributed by atoms with Gasteiger partial charge in [-0.05, 0) is 24.2 Å². The van der Waals surface area contributed by atoms with Crippen LogP contribution in [0.15, 0.2) is 59.1 Å². The Morgan fingerprint density at radius 3 is 2.29 bits per heavy atom. The van der Waals surface area contributed by atoms with Crippen molar-refractivity contribution in [3.63, 3.8) is 0 Å². The van der Waals surface area contributed by atoms with Crippen molar-refractivity contribution in [2.24, 2.45) is 5.73 Å². The molecule has 0 saturated heterocycles. The number of rotatable bonds is 6. The minimum atomic E-state index is -0.0305. The third-order valence-corrected chi connectivity index (χ3v) is 4.71. The second-order valence-electron chi connectivity index (χ2n) is 5.89. The van der Waals surface area contributed by atoms with Crippen molar-refractivity contribution in [1.82, 2.24) is 4.90 Å². The fourth-order valence-electron chi connectivity index (χ4n) is 2.68. The molecule has 1 atom stereocenters. The summed E-state index contributed by atoms with van der Waals surface area (Å²) in [6.45, 7) is 4.70. The van der Waals surface area contributed by atoms with Crippen LogP contribution < -0.4 is 5.73 Å². The van der Waals surface area contributed by atoms with Crippen molar-refractivity contribution < 1.29 is 0 Å². The monoisotopic (exact) mass is 346 g/mol. The maximum absolute atomic E-state index is 6.07. The predicted octanol–water partition coefficient (Wildman–Crippen LogP) is 3.80. The first-order chi connectivity index (χ1) is 10.0. The van der Waals surface area contributed by atoms with Gasteiger partial charge in [0.05, 0.1) is 0 Å². The van der Waals surface area contributed by atoms with E-state index in [0.29, 0.717) is 6.54 Å². The quantitative estimate of drug-likeness (QED) is 0.861. The van der Waals surface area contributed by atoms with Crippen LogP contribution in [0.25, 0.3) is 0 Å². The van der Waals surface area contributed by atoms with Crippen molar-refractivity contribution in [2.45, 2.75) is 18.9 Å². The molecule has 0 fully saturated rings. The first kappa shape index (κ1) is 16.2. The summed E-state index contributed by atoms with van der Waals surface area (Å²) in [4.78, 5) is 2.33. The molecule has 0 aromatic heterocycles. The molecule has 0 saturated carbocycles. The zero-order chi connectivity index (χ0) is 15.3. The van der Waals surface area contributed by atoms with E-state index < -0.39 is 0 Å². The molecule has 21 heavy (non-hydrogen) atoms. The molecule has 2 nitrogen and oxygen atoms in total. The molecule has 0 aliphatic rings. The number of nitrogens with zero attached hydrogens (tertiary/aromatic N) is 1. The molecule has 2 rings (SSSR count). The summed E-state index contributed by atoms with van der Waals surface area (Å²) in [5.41, 5.74) is 8.64. The Morgan fingerprint density at radius 2 is 1.67 bits per heavy atom. The molecule has 2 aromatic carbocycles. The second-order valence-corrected chi connectivity index (χ2v) is 6.75. The minimum Gasteiger partial charge on any atom is -0.330 e. The topological polar surface area (TPSA) is 29.3 Å². The molecule has 0 radical (unpaired) electrons. The van der Waals surface area contributed by atoms with Gasteiger partial charge in [-0.3, -0.25) is 0 Å². The van der Waals surface area contributed by atoms with Gasteiger partial charge in [0.1, 0.15) is 0 Å². The van der Waals surface area contributed by atoms with E-state index >= 15 is 0 Å². The molecule has 0 spiro atoms. The van der Waals surface area contributed by atoms with E-state index in [-0.39, 0.29) is 5.41 Å². The van der Waals surface area contributed by atoms with Gasteiger partial charge in [-0.2, -0.15) is 0 Å². The number of halogens is 1. The number of hydrogen-bond acceptors (Lipinski definition) is 2. The van der Waals surface area contributed by atoms with E-state index in [1.54, 1.807) is 0 Å². The molecule has 2 N–H and O–H groups in total. The van der Waals surface area contributed by atoms with Crippen LogP contribution in [0.4, 0.5) is 0 Å². The smallest absolute Gasteiger partial charge is 0.0242 e. The zero-order valence-electron chi connectivity index (χ0n) is 12.7. The van der Waals surface area contributed by atoms with Gasteiger partial charge in [0.2, 0.25) is 0 Å². The molecule has 112 valence electrons. The van der Waals surface area contributed by atoms with Gasteiger partial charge in [-0.1, -0.05) is 71.4 Å². The predicted molar refractivity (Wildman–Crippen MR) is 93.3 cm³/mol.